The molecule has 2 rings (SSSR count). The number of carbonyl (C=O) groups is 1. The number of benzene rings is 1. The number of hydrogen-bond donors (Lipinski definition) is 0. The third-order valence-electron chi connectivity index (χ3n) is 3.88. The lowest BCUT2D eigenvalue weighted by atomic mass is 10.1. The van der Waals surface area contributed by atoms with Crippen molar-refractivity contribution in [2.45, 2.75) is 45.3 Å². The van der Waals surface area contributed by atoms with E-state index >= 15 is 0 Å². The first kappa shape index (κ1) is 14.1. The molecule has 1 aromatic rings. The van der Waals surface area contributed by atoms with Crippen LogP contribution >= 0.6 is 0 Å². The summed E-state index contributed by atoms with van der Waals surface area (Å²) in [5.74, 6) is 0.165. The number of methoxy groups -OCH3 is 1. The fraction of sp³-hybridized carbons (Fsp3) is 0.562. The van der Waals surface area contributed by atoms with Crippen LogP contribution in [0.15, 0.2) is 24.3 Å². The minimum Gasteiger partial charge on any atom is -0.380 e. The number of carbonyl (C=O) groups excluding carboxylic acids is 1. The highest BCUT2D eigenvalue weighted by Crippen LogP contribution is 2.24. The van der Waals surface area contributed by atoms with E-state index in [0.717, 1.165) is 30.5 Å². The van der Waals surface area contributed by atoms with Crippen molar-refractivity contribution in [3.63, 3.8) is 0 Å². The summed E-state index contributed by atoms with van der Waals surface area (Å²) in [7, 11) is 1.68. The van der Waals surface area contributed by atoms with Gasteiger partial charge in [-0.1, -0.05) is 25.0 Å². The predicted molar refractivity (Wildman–Crippen MR) is 76.1 cm³/mol. The van der Waals surface area contributed by atoms with Gasteiger partial charge in [0.2, 0.25) is 0 Å². The molecule has 0 aromatic heterocycles. The molecule has 0 saturated heterocycles. The molecule has 3 nitrogen and oxygen atoms in total. The monoisotopic (exact) mass is 261 g/mol. The van der Waals surface area contributed by atoms with E-state index in [4.69, 9.17) is 4.74 Å². The summed E-state index contributed by atoms with van der Waals surface area (Å²) >= 11 is 0. The lowest BCUT2D eigenvalue weighted by molar-refractivity contribution is 0.0693. The van der Waals surface area contributed by atoms with Crippen molar-refractivity contribution in [2.75, 3.05) is 13.7 Å². The number of rotatable bonds is 5. The first-order valence-corrected chi connectivity index (χ1v) is 7.15. The smallest absolute Gasteiger partial charge is 0.254 e. The molecule has 1 fully saturated rings. The van der Waals surface area contributed by atoms with Gasteiger partial charge in [0.1, 0.15) is 0 Å². The van der Waals surface area contributed by atoms with Crippen molar-refractivity contribution < 1.29 is 9.53 Å². The zero-order chi connectivity index (χ0) is 13.7. The molecule has 1 aromatic carbocycles. The third-order valence-corrected chi connectivity index (χ3v) is 3.88. The lowest BCUT2D eigenvalue weighted by Gasteiger charge is -2.27. The predicted octanol–water partition coefficient (Wildman–Crippen LogP) is 3.24. The third kappa shape index (κ3) is 3.35. The maximum Gasteiger partial charge on any atom is 0.254 e. The van der Waals surface area contributed by atoms with Crippen molar-refractivity contribution in [1.29, 1.82) is 0 Å². The molecule has 1 saturated carbocycles. The Labute approximate surface area is 115 Å². The number of hydrogen-bond acceptors (Lipinski definition) is 2. The summed E-state index contributed by atoms with van der Waals surface area (Å²) in [5, 5.41) is 0. The van der Waals surface area contributed by atoms with Crippen LogP contribution in [0.2, 0.25) is 0 Å². The molecule has 0 N–H and O–H groups in total. The van der Waals surface area contributed by atoms with Gasteiger partial charge in [0, 0.05) is 25.3 Å². The Morgan fingerprint density at radius 3 is 2.42 bits per heavy atom. The Kier molecular flexibility index (Phi) is 4.97. The largest absolute Gasteiger partial charge is 0.380 e. The zero-order valence-electron chi connectivity index (χ0n) is 11.9. The van der Waals surface area contributed by atoms with Crippen LogP contribution in [0.3, 0.4) is 0 Å². The maximum absolute atomic E-state index is 12.5. The Bertz CT molecular complexity index is 407. The molecule has 3 heteroatoms. The van der Waals surface area contributed by atoms with Crippen LogP contribution in [0.4, 0.5) is 0 Å². The number of amides is 1. The second kappa shape index (κ2) is 6.71. The standard InChI is InChI=1S/C16H23NO2/c1-3-17(15-6-4-5-7-15)16(18)14-10-8-13(9-11-14)12-19-2/h8-11,15H,3-7,12H2,1-2H3. The van der Waals surface area contributed by atoms with Gasteiger partial charge in [-0.05, 0) is 37.5 Å². The van der Waals surface area contributed by atoms with Gasteiger partial charge < -0.3 is 9.64 Å². The van der Waals surface area contributed by atoms with Crippen molar-refractivity contribution in [3.8, 4) is 0 Å². The Balaban J connectivity index is 2.08. The van der Waals surface area contributed by atoms with E-state index in [9.17, 15) is 4.79 Å². The Morgan fingerprint density at radius 1 is 1.26 bits per heavy atom. The SMILES string of the molecule is CCN(C(=O)c1ccc(COC)cc1)C1CCCC1. The highest BCUT2D eigenvalue weighted by Gasteiger charge is 2.25. The minimum absolute atomic E-state index is 0.165. The van der Waals surface area contributed by atoms with Gasteiger partial charge in [-0.15, -0.1) is 0 Å². The number of nitrogens with zero attached hydrogens (tertiary/aromatic N) is 1. The summed E-state index contributed by atoms with van der Waals surface area (Å²) < 4.78 is 5.08. The van der Waals surface area contributed by atoms with Gasteiger partial charge in [0.15, 0.2) is 0 Å². The molecular formula is C16H23NO2. The molecule has 0 atom stereocenters. The zero-order valence-corrected chi connectivity index (χ0v) is 11.9. The second-order valence-corrected chi connectivity index (χ2v) is 5.16. The van der Waals surface area contributed by atoms with E-state index in [1.54, 1.807) is 7.11 Å². The maximum atomic E-state index is 12.5. The van der Waals surface area contributed by atoms with Crippen molar-refractivity contribution in [3.05, 3.63) is 35.4 Å². The molecule has 0 aliphatic heterocycles. The van der Waals surface area contributed by atoms with Crippen LogP contribution in [0.25, 0.3) is 0 Å². The average molecular weight is 261 g/mol. The molecule has 1 amide bonds. The topological polar surface area (TPSA) is 29.5 Å². The van der Waals surface area contributed by atoms with Gasteiger partial charge in [-0.3, -0.25) is 4.79 Å². The second-order valence-electron chi connectivity index (χ2n) is 5.16. The van der Waals surface area contributed by atoms with Crippen molar-refractivity contribution >= 4 is 5.91 Å². The molecule has 104 valence electrons. The molecule has 0 spiro atoms. The fourth-order valence-corrected chi connectivity index (χ4v) is 2.86. The van der Waals surface area contributed by atoms with Gasteiger partial charge in [-0.2, -0.15) is 0 Å². The summed E-state index contributed by atoms with van der Waals surface area (Å²) in [6.45, 7) is 3.45. The molecule has 1 aliphatic carbocycles. The summed E-state index contributed by atoms with van der Waals surface area (Å²) in [4.78, 5) is 14.6. The van der Waals surface area contributed by atoms with Gasteiger partial charge >= 0.3 is 0 Å². The van der Waals surface area contributed by atoms with Crippen molar-refractivity contribution in [1.82, 2.24) is 4.90 Å². The van der Waals surface area contributed by atoms with E-state index in [1.165, 1.54) is 12.8 Å². The van der Waals surface area contributed by atoms with E-state index in [-0.39, 0.29) is 5.91 Å². The summed E-state index contributed by atoms with van der Waals surface area (Å²) in [6, 6.07) is 8.21. The molecule has 0 radical (unpaired) electrons. The molecule has 0 unspecified atom stereocenters. The molecule has 0 heterocycles. The highest BCUT2D eigenvalue weighted by molar-refractivity contribution is 5.94. The summed E-state index contributed by atoms with van der Waals surface area (Å²) in [5.41, 5.74) is 1.89. The van der Waals surface area contributed by atoms with Gasteiger partial charge in [0.25, 0.3) is 5.91 Å². The van der Waals surface area contributed by atoms with Gasteiger partial charge in [0.05, 0.1) is 6.61 Å². The van der Waals surface area contributed by atoms with Crippen LogP contribution in [0.1, 0.15) is 48.5 Å². The summed E-state index contributed by atoms with van der Waals surface area (Å²) in [6.07, 6.45) is 4.81. The lowest BCUT2D eigenvalue weighted by Crippen LogP contribution is -2.38. The Hall–Kier alpha value is -1.35. The molecule has 0 bridgehead atoms. The first-order valence-electron chi connectivity index (χ1n) is 7.15. The van der Waals surface area contributed by atoms with Crippen molar-refractivity contribution in [2.24, 2.45) is 0 Å². The fourth-order valence-electron chi connectivity index (χ4n) is 2.86. The van der Waals surface area contributed by atoms with E-state index in [0.29, 0.717) is 12.6 Å². The minimum atomic E-state index is 0.165. The van der Waals surface area contributed by atoms with Crippen LogP contribution in [0, 0.1) is 0 Å². The normalized spacial score (nSPS) is 15.7. The number of ether oxygens (including phenoxy) is 1. The van der Waals surface area contributed by atoms with E-state index < -0.39 is 0 Å². The van der Waals surface area contributed by atoms with E-state index in [1.807, 2.05) is 29.2 Å². The van der Waals surface area contributed by atoms with E-state index in [2.05, 4.69) is 6.92 Å². The molecule has 1 aliphatic rings. The quantitative estimate of drug-likeness (QED) is 0.814. The highest BCUT2D eigenvalue weighted by atomic mass is 16.5. The molecule has 19 heavy (non-hydrogen) atoms. The van der Waals surface area contributed by atoms with Crippen LogP contribution in [0.5, 0.6) is 0 Å². The van der Waals surface area contributed by atoms with Gasteiger partial charge in [-0.25, -0.2) is 0 Å². The molecular weight excluding hydrogens is 238 g/mol. The van der Waals surface area contributed by atoms with Crippen LogP contribution in [-0.4, -0.2) is 30.5 Å². The Morgan fingerprint density at radius 2 is 1.89 bits per heavy atom. The average Bonchev–Trinajstić information content (AvgIpc) is 2.95. The van der Waals surface area contributed by atoms with Crippen LogP contribution in [-0.2, 0) is 11.3 Å². The first-order chi connectivity index (χ1) is 9.26. The van der Waals surface area contributed by atoms with Crippen LogP contribution < -0.4 is 0 Å².